The van der Waals surface area contributed by atoms with E-state index in [1.54, 1.807) is 25.3 Å². The Morgan fingerprint density at radius 3 is 2.86 bits per heavy atom. The second-order valence-corrected chi connectivity index (χ2v) is 4.49. The van der Waals surface area contributed by atoms with Gasteiger partial charge in [0.15, 0.2) is 0 Å². The normalized spacial score (nSPS) is 10.0. The summed E-state index contributed by atoms with van der Waals surface area (Å²) in [5, 5.41) is 2.92. The first-order chi connectivity index (χ1) is 10.1. The van der Waals surface area contributed by atoms with Gasteiger partial charge in [-0.1, -0.05) is 18.3 Å². The van der Waals surface area contributed by atoms with Crippen LogP contribution in [-0.2, 0) is 4.74 Å². The molecule has 0 fully saturated rings. The number of pyridine rings is 1. The zero-order valence-corrected chi connectivity index (χ0v) is 12.1. The average Bonchev–Trinajstić information content (AvgIpc) is 2.50. The summed E-state index contributed by atoms with van der Waals surface area (Å²) < 4.78 is 18.4. The van der Waals surface area contributed by atoms with E-state index in [0.717, 1.165) is 0 Å². The Kier molecular flexibility index (Phi) is 4.94. The molecule has 0 aliphatic carbocycles. The molecule has 1 heterocycles. The number of hydrogen-bond donors (Lipinski definition) is 1. The Balaban J connectivity index is 2.20. The van der Waals surface area contributed by atoms with E-state index in [4.69, 9.17) is 17.0 Å². The van der Waals surface area contributed by atoms with Crippen molar-refractivity contribution in [1.82, 2.24) is 4.98 Å². The van der Waals surface area contributed by atoms with Crippen molar-refractivity contribution in [2.45, 2.75) is 6.92 Å². The first-order valence-corrected chi connectivity index (χ1v) is 6.71. The smallest absolute Gasteiger partial charge is 0.341 e. The molecule has 6 heteroatoms. The predicted octanol–water partition coefficient (Wildman–Crippen LogP) is 3.19. The molecule has 0 bridgehead atoms. The molecule has 1 N–H and O–H groups in total. The van der Waals surface area contributed by atoms with E-state index in [2.05, 4.69) is 10.3 Å². The van der Waals surface area contributed by atoms with Crippen LogP contribution in [0.5, 0.6) is 0 Å². The molecule has 0 saturated carbocycles. The standard InChI is InChI=1S/C15H13FN2O2S/c1-2-20-15(19)11-9-10(6-7-12(11)16)18-14(21)13-5-3-4-8-17-13/h3-9H,2H2,1H3,(H,18,21). The molecule has 0 saturated heterocycles. The predicted molar refractivity (Wildman–Crippen MR) is 81.9 cm³/mol. The number of rotatable bonds is 4. The highest BCUT2D eigenvalue weighted by Crippen LogP contribution is 2.17. The minimum absolute atomic E-state index is 0.134. The lowest BCUT2D eigenvalue weighted by atomic mass is 10.2. The molecule has 0 radical (unpaired) electrons. The number of carbonyl (C=O) groups excluding carboxylic acids is 1. The van der Waals surface area contributed by atoms with Crippen LogP contribution in [0.25, 0.3) is 0 Å². The zero-order chi connectivity index (χ0) is 15.2. The van der Waals surface area contributed by atoms with Crippen LogP contribution in [0.15, 0.2) is 42.6 Å². The molecule has 1 aromatic carbocycles. The van der Waals surface area contributed by atoms with Crippen molar-refractivity contribution in [3.8, 4) is 0 Å². The maximum atomic E-state index is 13.6. The Morgan fingerprint density at radius 1 is 1.38 bits per heavy atom. The third-order valence-electron chi connectivity index (χ3n) is 2.62. The van der Waals surface area contributed by atoms with Crippen molar-refractivity contribution in [3.63, 3.8) is 0 Å². The van der Waals surface area contributed by atoms with Crippen LogP contribution in [0.3, 0.4) is 0 Å². The largest absolute Gasteiger partial charge is 0.462 e. The summed E-state index contributed by atoms with van der Waals surface area (Å²) in [4.78, 5) is 16.1. The van der Waals surface area contributed by atoms with Gasteiger partial charge in [-0.25, -0.2) is 9.18 Å². The molecule has 0 aliphatic rings. The number of benzene rings is 1. The summed E-state index contributed by atoms with van der Waals surface area (Å²) >= 11 is 5.21. The van der Waals surface area contributed by atoms with Crippen LogP contribution < -0.4 is 5.32 Å². The monoisotopic (exact) mass is 304 g/mol. The van der Waals surface area contributed by atoms with E-state index >= 15 is 0 Å². The van der Waals surface area contributed by atoms with E-state index in [1.165, 1.54) is 18.2 Å². The van der Waals surface area contributed by atoms with E-state index in [0.29, 0.717) is 16.4 Å². The highest BCUT2D eigenvalue weighted by molar-refractivity contribution is 7.81. The summed E-state index contributed by atoms with van der Waals surface area (Å²) in [6.07, 6.45) is 1.62. The molecule has 21 heavy (non-hydrogen) atoms. The van der Waals surface area contributed by atoms with Crippen molar-refractivity contribution < 1.29 is 13.9 Å². The van der Waals surface area contributed by atoms with Crippen LogP contribution in [0.1, 0.15) is 23.0 Å². The fraction of sp³-hybridized carbons (Fsp3) is 0.133. The first-order valence-electron chi connectivity index (χ1n) is 6.31. The number of ether oxygens (including phenoxy) is 1. The van der Waals surface area contributed by atoms with Gasteiger partial charge in [0.2, 0.25) is 0 Å². The molecule has 0 atom stereocenters. The number of nitrogens with zero attached hydrogens (tertiary/aromatic N) is 1. The third-order valence-corrected chi connectivity index (χ3v) is 2.93. The van der Waals surface area contributed by atoms with Gasteiger partial charge in [0.25, 0.3) is 0 Å². The summed E-state index contributed by atoms with van der Waals surface area (Å²) in [6, 6.07) is 9.39. The van der Waals surface area contributed by atoms with Crippen LogP contribution >= 0.6 is 12.2 Å². The third kappa shape index (κ3) is 3.82. The molecule has 0 unspecified atom stereocenters. The van der Waals surface area contributed by atoms with Gasteiger partial charge in [-0.15, -0.1) is 0 Å². The maximum Gasteiger partial charge on any atom is 0.341 e. The minimum atomic E-state index is -0.706. The lowest BCUT2D eigenvalue weighted by Crippen LogP contribution is -2.13. The van der Waals surface area contributed by atoms with Gasteiger partial charge in [0.05, 0.1) is 17.9 Å². The quantitative estimate of drug-likeness (QED) is 0.694. The lowest BCUT2D eigenvalue weighted by Gasteiger charge is -2.09. The molecule has 1 aromatic heterocycles. The van der Waals surface area contributed by atoms with Crippen molar-refractivity contribution in [2.24, 2.45) is 0 Å². The number of anilines is 1. The zero-order valence-electron chi connectivity index (χ0n) is 11.3. The number of esters is 1. The molecule has 2 rings (SSSR count). The number of halogens is 1. The van der Waals surface area contributed by atoms with E-state index < -0.39 is 11.8 Å². The number of hydrogen-bond acceptors (Lipinski definition) is 4. The molecule has 0 spiro atoms. The number of nitrogens with one attached hydrogen (secondary N) is 1. The van der Waals surface area contributed by atoms with Crippen LogP contribution in [0, 0.1) is 5.82 Å². The molecule has 2 aromatic rings. The van der Waals surface area contributed by atoms with Crippen LogP contribution in [0.2, 0.25) is 0 Å². The van der Waals surface area contributed by atoms with Gasteiger partial charge < -0.3 is 10.1 Å². The molecule has 108 valence electrons. The van der Waals surface area contributed by atoms with Gasteiger partial charge in [-0.05, 0) is 37.3 Å². The highest BCUT2D eigenvalue weighted by atomic mass is 32.1. The van der Waals surface area contributed by atoms with Crippen LogP contribution in [0.4, 0.5) is 10.1 Å². The van der Waals surface area contributed by atoms with Crippen LogP contribution in [-0.4, -0.2) is 22.5 Å². The molecular formula is C15H13FN2O2S. The van der Waals surface area contributed by atoms with Crippen molar-refractivity contribution >= 4 is 28.9 Å². The number of thiocarbonyl (C=S) groups is 1. The molecule has 0 aliphatic heterocycles. The number of carbonyl (C=O) groups is 1. The van der Waals surface area contributed by atoms with Gasteiger partial charge in [0, 0.05) is 11.9 Å². The van der Waals surface area contributed by atoms with Crippen molar-refractivity contribution in [2.75, 3.05) is 11.9 Å². The highest BCUT2D eigenvalue weighted by Gasteiger charge is 2.14. The average molecular weight is 304 g/mol. The summed E-state index contributed by atoms with van der Waals surface area (Å²) in [7, 11) is 0. The van der Waals surface area contributed by atoms with Gasteiger partial charge >= 0.3 is 5.97 Å². The Morgan fingerprint density at radius 2 is 2.19 bits per heavy atom. The molecule has 0 amide bonds. The topological polar surface area (TPSA) is 51.2 Å². The molecule has 4 nitrogen and oxygen atoms in total. The van der Waals surface area contributed by atoms with Gasteiger partial charge in [0.1, 0.15) is 10.8 Å². The first kappa shape index (κ1) is 15.1. The van der Waals surface area contributed by atoms with Crippen molar-refractivity contribution in [3.05, 3.63) is 59.7 Å². The minimum Gasteiger partial charge on any atom is -0.462 e. The Bertz CT molecular complexity index is 662. The van der Waals surface area contributed by atoms with E-state index in [1.807, 2.05) is 6.07 Å². The second-order valence-electron chi connectivity index (χ2n) is 4.08. The second kappa shape index (κ2) is 6.90. The maximum absolute atomic E-state index is 13.6. The van der Waals surface area contributed by atoms with Gasteiger partial charge in [-0.3, -0.25) is 4.98 Å². The summed E-state index contributed by atoms with van der Waals surface area (Å²) in [6.45, 7) is 1.84. The number of aromatic nitrogens is 1. The van der Waals surface area contributed by atoms with Gasteiger partial charge in [-0.2, -0.15) is 0 Å². The van der Waals surface area contributed by atoms with Crippen molar-refractivity contribution in [1.29, 1.82) is 0 Å². The summed E-state index contributed by atoms with van der Waals surface area (Å²) in [5.74, 6) is -1.34. The summed E-state index contributed by atoms with van der Waals surface area (Å²) in [5.41, 5.74) is 0.954. The fourth-order valence-electron chi connectivity index (χ4n) is 1.66. The van der Waals surface area contributed by atoms with E-state index in [-0.39, 0.29) is 12.2 Å². The SMILES string of the molecule is CCOC(=O)c1cc(NC(=S)c2ccccn2)ccc1F. The fourth-order valence-corrected chi connectivity index (χ4v) is 1.90. The lowest BCUT2D eigenvalue weighted by molar-refractivity contribution is 0.0521. The Labute approximate surface area is 127 Å². The van der Waals surface area contributed by atoms with E-state index in [9.17, 15) is 9.18 Å². The molecular weight excluding hydrogens is 291 g/mol. The Hall–Kier alpha value is -2.34.